The molecule has 0 aliphatic rings. The molecular weight excluding hydrogens is 409 g/mol. The van der Waals surface area contributed by atoms with Crippen molar-refractivity contribution in [2.75, 3.05) is 7.05 Å². The van der Waals surface area contributed by atoms with Gasteiger partial charge in [-0.15, -0.1) is 11.3 Å². The Hall–Kier alpha value is -2.03. The van der Waals surface area contributed by atoms with E-state index >= 15 is 0 Å². The van der Waals surface area contributed by atoms with E-state index in [2.05, 4.69) is 28.3 Å². The number of aromatic nitrogens is 2. The summed E-state index contributed by atoms with van der Waals surface area (Å²) in [5, 5.41) is 1.45. The summed E-state index contributed by atoms with van der Waals surface area (Å²) < 4.78 is 41.6. The first-order valence-electron chi connectivity index (χ1n) is 9.43. The number of halogens is 1. The summed E-state index contributed by atoms with van der Waals surface area (Å²) in [4.78, 5) is 7.61. The predicted molar refractivity (Wildman–Crippen MR) is 114 cm³/mol. The molecule has 0 aliphatic heterocycles. The Morgan fingerprint density at radius 3 is 2.55 bits per heavy atom. The fraction of sp³-hybridized carbons (Fsp3) is 0.381. The standard InChI is InChI=1S/C21H26FN3O2S2/c1-15(2)29(26,27)21-23-11-18(13-24(4)14-20-16(3)9-10-28-20)25(21)12-17-7-5-6-8-19(17)22/h5-11,15H,12-14H2,1-4H3. The third kappa shape index (κ3) is 4.76. The molecule has 0 saturated carbocycles. The van der Waals surface area contributed by atoms with Crippen LogP contribution in [-0.4, -0.2) is 35.2 Å². The fourth-order valence-corrected chi connectivity index (χ4v) is 5.16. The van der Waals surface area contributed by atoms with Gasteiger partial charge < -0.3 is 4.57 Å². The first-order valence-corrected chi connectivity index (χ1v) is 11.9. The number of benzene rings is 1. The molecule has 0 radical (unpaired) electrons. The van der Waals surface area contributed by atoms with Crippen molar-refractivity contribution in [3.63, 3.8) is 0 Å². The van der Waals surface area contributed by atoms with Crippen LogP contribution in [0, 0.1) is 12.7 Å². The van der Waals surface area contributed by atoms with Gasteiger partial charge in [-0.1, -0.05) is 18.2 Å². The Kier molecular flexibility index (Phi) is 6.55. The average molecular weight is 436 g/mol. The van der Waals surface area contributed by atoms with Crippen molar-refractivity contribution >= 4 is 21.2 Å². The molecule has 8 heteroatoms. The molecule has 0 N–H and O–H groups in total. The molecule has 0 aliphatic carbocycles. The Balaban J connectivity index is 1.95. The number of thiophene rings is 1. The average Bonchev–Trinajstić information content (AvgIpc) is 3.24. The van der Waals surface area contributed by atoms with E-state index in [1.807, 2.05) is 7.05 Å². The quantitative estimate of drug-likeness (QED) is 0.531. The normalized spacial score (nSPS) is 12.2. The maximum absolute atomic E-state index is 14.3. The number of nitrogens with zero attached hydrogens (tertiary/aromatic N) is 3. The smallest absolute Gasteiger partial charge is 0.228 e. The van der Waals surface area contributed by atoms with E-state index in [-0.39, 0.29) is 17.5 Å². The second kappa shape index (κ2) is 8.77. The minimum Gasteiger partial charge on any atom is -0.313 e. The van der Waals surface area contributed by atoms with E-state index in [0.717, 1.165) is 12.2 Å². The maximum atomic E-state index is 14.3. The molecule has 3 rings (SSSR count). The van der Waals surface area contributed by atoms with Crippen LogP contribution in [0.15, 0.2) is 47.1 Å². The minimum atomic E-state index is -3.60. The van der Waals surface area contributed by atoms with E-state index < -0.39 is 15.1 Å². The van der Waals surface area contributed by atoms with Crippen LogP contribution in [-0.2, 0) is 29.5 Å². The van der Waals surface area contributed by atoms with Crippen molar-refractivity contribution in [3.05, 3.63) is 69.4 Å². The van der Waals surface area contributed by atoms with Gasteiger partial charge in [-0.3, -0.25) is 4.90 Å². The summed E-state index contributed by atoms with van der Waals surface area (Å²) in [6.45, 7) is 6.71. The summed E-state index contributed by atoms with van der Waals surface area (Å²) in [7, 11) is -1.62. The van der Waals surface area contributed by atoms with Crippen molar-refractivity contribution in [2.24, 2.45) is 0 Å². The van der Waals surface area contributed by atoms with Gasteiger partial charge in [-0.2, -0.15) is 0 Å². The van der Waals surface area contributed by atoms with Crippen molar-refractivity contribution in [1.29, 1.82) is 0 Å². The molecule has 0 saturated heterocycles. The molecule has 0 unspecified atom stereocenters. The van der Waals surface area contributed by atoms with Crippen LogP contribution >= 0.6 is 11.3 Å². The zero-order valence-electron chi connectivity index (χ0n) is 17.1. The number of hydrogen-bond acceptors (Lipinski definition) is 5. The van der Waals surface area contributed by atoms with E-state index in [4.69, 9.17) is 0 Å². The number of hydrogen-bond donors (Lipinski definition) is 0. The van der Waals surface area contributed by atoms with Gasteiger partial charge in [0.15, 0.2) is 0 Å². The van der Waals surface area contributed by atoms with E-state index in [0.29, 0.717) is 12.1 Å². The summed E-state index contributed by atoms with van der Waals surface area (Å²) in [6, 6.07) is 8.51. The van der Waals surface area contributed by atoms with Crippen LogP contribution in [0.1, 0.15) is 35.5 Å². The van der Waals surface area contributed by atoms with E-state index in [1.165, 1.54) is 16.5 Å². The van der Waals surface area contributed by atoms with Crippen molar-refractivity contribution < 1.29 is 12.8 Å². The zero-order valence-corrected chi connectivity index (χ0v) is 18.7. The lowest BCUT2D eigenvalue weighted by atomic mass is 10.2. The van der Waals surface area contributed by atoms with Crippen LogP contribution in [0.5, 0.6) is 0 Å². The lowest BCUT2D eigenvalue weighted by Crippen LogP contribution is -2.23. The highest BCUT2D eigenvalue weighted by Crippen LogP contribution is 2.22. The lowest BCUT2D eigenvalue weighted by Gasteiger charge is -2.19. The first-order chi connectivity index (χ1) is 13.7. The van der Waals surface area contributed by atoms with Crippen molar-refractivity contribution in [1.82, 2.24) is 14.5 Å². The number of aryl methyl sites for hydroxylation is 1. The summed E-state index contributed by atoms with van der Waals surface area (Å²) >= 11 is 1.70. The molecule has 2 heterocycles. The van der Waals surface area contributed by atoms with Gasteiger partial charge in [0.2, 0.25) is 15.0 Å². The van der Waals surface area contributed by atoms with Crippen LogP contribution < -0.4 is 0 Å². The van der Waals surface area contributed by atoms with Gasteiger partial charge >= 0.3 is 0 Å². The Bertz CT molecular complexity index is 1090. The minimum absolute atomic E-state index is 0.00791. The molecule has 0 amide bonds. The van der Waals surface area contributed by atoms with Gasteiger partial charge in [0.05, 0.1) is 23.7 Å². The summed E-state index contributed by atoms with van der Waals surface area (Å²) in [6.07, 6.45) is 1.59. The topological polar surface area (TPSA) is 55.2 Å². The largest absolute Gasteiger partial charge is 0.313 e. The third-order valence-corrected chi connectivity index (χ3v) is 7.96. The molecule has 5 nitrogen and oxygen atoms in total. The van der Waals surface area contributed by atoms with E-state index in [9.17, 15) is 12.8 Å². The SMILES string of the molecule is Cc1ccsc1CN(C)Cc1cnc(S(=O)(=O)C(C)C)n1Cc1ccccc1F. The van der Waals surface area contributed by atoms with Gasteiger partial charge in [-0.05, 0) is 50.9 Å². The van der Waals surface area contributed by atoms with Gasteiger partial charge in [0.1, 0.15) is 5.82 Å². The molecule has 0 spiro atoms. The second-order valence-corrected chi connectivity index (χ2v) is 10.9. The Morgan fingerprint density at radius 2 is 1.93 bits per heavy atom. The van der Waals surface area contributed by atoms with Gasteiger partial charge in [0.25, 0.3) is 0 Å². The molecule has 0 fully saturated rings. The van der Waals surface area contributed by atoms with E-state index in [1.54, 1.807) is 54.1 Å². The number of sulfone groups is 1. The fourth-order valence-electron chi connectivity index (χ4n) is 3.07. The van der Waals surface area contributed by atoms with Gasteiger partial charge in [0, 0.05) is 23.5 Å². The molecule has 29 heavy (non-hydrogen) atoms. The highest BCUT2D eigenvalue weighted by molar-refractivity contribution is 7.91. The molecule has 0 atom stereocenters. The molecule has 3 aromatic rings. The van der Waals surface area contributed by atoms with Crippen LogP contribution in [0.3, 0.4) is 0 Å². The molecule has 156 valence electrons. The maximum Gasteiger partial charge on any atom is 0.228 e. The first kappa shape index (κ1) is 21.7. The lowest BCUT2D eigenvalue weighted by molar-refractivity contribution is 0.311. The Morgan fingerprint density at radius 1 is 1.21 bits per heavy atom. The van der Waals surface area contributed by atoms with Crippen molar-refractivity contribution in [3.8, 4) is 0 Å². The summed E-state index contributed by atoms with van der Waals surface area (Å²) in [5.41, 5.74) is 2.41. The molecule has 1 aromatic carbocycles. The highest BCUT2D eigenvalue weighted by atomic mass is 32.2. The van der Waals surface area contributed by atoms with Crippen LogP contribution in [0.2, 0.25) is 0 Å². The number of imidazole rings is 1. The van der Waals surface area contributed by atoms with Crippen LogP contribution in [0.25, 0.3) is 0 Å². The van der Waals surface area contributed by atoms with Crippen LogP contribution in [0.4, 0.5) is 4.39 Å². The molecule has 2 aromatic heterocycles. The predicted octanol–water partition coefficient (Wildman–Crippen LogP) is 4.25. The monoisotopic (exact) mass is 435 g/mol. The molecule has 0 bridgehead atoms. The Labute approximate surface area is 175 Å². The zero-order chi connectivity index (χ0) is 21.2. The van der Waals surface area contributed by atoms with Gasteiger partial charge in [-0.25, -0.2) is 17.8 Å². The number of rotatable bonds is 8. The second-order valence-electron chi connectivity index (χ2n) is 7.50. The van der Waals surface area contributed by atoms with Crippen molar-refractivity contribution in [2.45, 2.75) is 50.8 Å². The molecular formula is C21H26FN3O2S2. The highest BCUT2D eigenvalue weighted by Gasteiger charge is 2.27. The summed E-state index contributed by atoms with van der Waals surface area (Å²) in [5.74, 6) is -0.359. The third-order valence-electron chi connectivity index (χ3n) is 4.88.